The Morgan fingerprint density at radius 1 is 1.00 bits per heavy atom. The van der Waals surface area contributed by atoms with Gasteiger partial charge in [-0.1, -0.05) is 42.5 Å². The lowest BCUT2D eigenvalue weighted by Crippen LogP contribution is -2.31. The molecule has 1 aliphatic rings. The summed E-state index contributed by atoms with van der Waals surface area (Å²) in [6.07, 6.45) is 2.17. The molecule has 4 nitrogen and oxygen atoms in total. The Kier molecular flexibility index (Phi) is 5.34. The average Bonchev–Trinajstić information content (AvgIpc) is 2.92. The Morgan fingerprint density at radius 2 is 1.88 bits per heavy atom. The number of aromatic nitrogens is 1. The summed E-state index contributed by atoms with van der Waals surface area (Å²) in [7, 11) is 0. The van der Waals surface area contributed by atoms with Crippen molar-refractivity contribution in [3.05, 3.63) is 71.9 Å². The molecule has 0 saturated carbocycles. The van der Waals surface area contributed by atoms with Crippen molar-refractivity contribution in [3.8, 4) is 0 Å². The lowest BCUT2D eigenvalue weighted by molar-refractivity contribution is 0.0958. The fourth-order valence-electron chi connectivity index (χ4n) is 3.71. The van der Waals surface area contributed by atoms with Crippen molar-refractivity contribution in [3.63, 3.8) is 0 Å². The van der Waals surface area contributed by atoms with Crippen molar-refractivity contribution in [2.45, 2.75) is 13.1 Å². The molecule has 4 rings (SSSR count). The van der Waals surface area contributed by atoms with Crippen molar-refractivity contribution in [2.24, 2.45) is 5.92 Å². The van der Waals surface area contributed by atoms with Crippen LogP contribution in [0.5, 0.6) is 0 Å². The van der Waals surface area contributed by atoms with Gasteiger partial charge in [-0.15, -0.1) is 0 Å². The number of aliphatic hydroxyl groups excluding tert-OH is 1. The van der Waals surface area contributed by atoms with E-state index >= 15 is 0 Å². The van der Waals surface area contributed by atoms with E-state index in [0.29, 0.717) is 6.61 Å². The number of rotatable bonds is 5. The highest BCUT2D eigenvalue weighted by Gasteiger charge is 2.18. The first-order valence-corrected chi connectivity index (χ1v) is 9.34. The van der Waals surface area contributed by atoms with E-state index in [1.54, 1.807) is 0 Å². The molecule has 1 aliphatic heterocycles. The molecule has 136 valence electrons. The van der Waals surface area contributed by atoms with Gasteiger partial charge in [0.15, 0.2) is 0 Å². The second kappa shape index (κ2) is 8.04. The molecule has 1 unspecified atom stereocenters. The molecule has 2 aromatic carbocycles. The van der Waals surface area contributed by atoms with Gasteiger partial charge >= 0.3 is 0 Å². The van der Waals surface area contributed by atoms with E-state index in [1.165, 1.54) is 22.0 Å². The van der Waals surface area contributed by atoms with E-state index in [9.17, 15) is 5.11 Å². The van der Waals surface area contributed by atoms with Crippen LogP contribution in [0, 0.1) is 5.92 Å². The number of nitrogens with zero attached hydrogens (tertiary/aromatic N) is 2. The van der Waals surface area contributed by atoms with E-state index in [4.69, 9.17) is 4.74 Å². The minimum Gasteiger partial charge on any atom is -0.396 e. The number of benzene rings is 2. The van der Waals surface area contributed by atoms with Crippen molar-refractivity contribution >= 4 is 10.9 Å². The van der Waals surface area contributed by atoms with Gasteiger partial charge in [0.25, 0.3) is 0 Å². The molecular weight excluding hydrogens is 324 g/mol. The zero-order valence-electron chi connectivity index (χ0n) is 15.1. The average molecular weight is 350 g/mol. The fourth-order valence-corrected chi connectivity index (χ4v) is 3.71. The van der Waals surface area contributed by atoms with Crippen LogP contribution >= 0.6 is 0 Å². The summed E-state index contributed by atoms with van der Waals surface area (Å²) >= 11 is 0. The Bertz CT molecular complexity index is 844. The van der Waals surface area contributed by atoms with Crippen LogP contribution in [0.1, 0.15) is 11.1 Å². The van der Waals surface area contributed by atoms with Crippen LogP contribution in [0.25, 0.3) is 10.9 Å². The minimum absolute atomic E-state index is 0.190. The monoisotopic (exact) mass is 350 g/mol. The summed E-state index contributed by atoms with van der Waals surface area (Å²) in [5.41, 5.74) is 3.89. The van der Waals surface area contributed by atoms with Crippen molar-refractivity contribution in [1.29, 1.82) is 0 Å². The first kappa shape index (κ1) is 17.3. The van der Waals surface area contributed by atoms with Crippen LogP contribution in [-0.4, -0.2) is 47.5 Å². The maximum absolute atomic E-state index is 9.48. The summed E-state index contributed by atoms with van der Waals surface area (Å²) in [6, 6.07) is 19.5. The highest BCUT2D eigenvalue weighted by atomic mass is 16.5. The number of ether oxygens (including phenoxy) is 1. The van der Waals surface area contributed by atoms with Crippen molar-refractivity contribution in [2.75, 3.05) is 32.9 Å². The zero-order valence-corrected chi connectivity index (χ0v) is 15.1. The third-order valence-electron chi connectivity index (χ3n) is 5.12. The Morgan fingerprint density at radius 3 is 2.73 bits per heavy atom. The van der Waals surface area contributed by atoms with Crippen LogP contribution in [0.15, 0.2) is 60.8 Å². The van der Waals surface area contributed by atoms with Gasteiger partial charge in [-0.25, -0.2) is 0 Å². The molecule has 3 aromatic rings. The summed E-state index contributed by atoms with van der Waals surface area (Å²) in [6.45, 7) is 5.17. The molecule has 0 spiro atoms. The van der Waals surface area contributed by atoms with Crippen LogP contribution in [0.3, 0.4) is 0 Å². The third kappa shape index (κ3) is 3.98. The fraction of sp³-hybridized carbons (Fsp3) is 0.364. The van der Waals surface area contributed by atoms with E-state index in [-0.39, 0.29) is 12.5 Å². The number of hydrogen-bond acceptors (Lipinski definition) is 3. The molecule has 2 heterocycles. The molecule has 1 aromatic heterocycles. The van der Waals surface area contributed by atoms with Gasteiger partial charge in [0.05, 0.1) is 13.2 Å². The molecular formula is C22H26N2O2. The largest absolute Gasteiger partial charge is 0.396 e. The Hall–Kier alpha value is -2.14. The summed E-state index contributed by atoms with van der Waals surface area (Å²) < 4.78 is 7.92. The predicted octanol–water partition coefficient (Wildman–Crippen LogP) is 3.13. The van der Waals surface area contributed by atoms with Gasteiger partial charge in [-0.05, 0) is 28.6 Å². The van der Waals surface area contributed by atoms with Gasteiger partial charge in [-0.3, -0.25) is 4.90 Å². The second-order valence-corrected chi connectivity index (χ2v) is 7.18. The van der Waals surface area contributed by atoms with Crippen LogP contribution in [0.2, 0.25) is 0 Å². The van der Waals surface area contributed by atoms with E-state index in [1.807, 2.05) is 0 Å². The SMILES string of the molecule is OCC1COCCN(Cc2ccc3ccn(Cc4ccccc4)c3c2)C1. The quantitative estimate of drug-likeness (QED) is 0.768. The molecule has 1 fully saturated rings. The molecule has 0 radical (unpaired) electrons. The highest BCUT2D eigenvalue weighted by Crippen LogP contribution is 2.21. The maximum Gasteiger partial charge on any atom is 0.0593 e. The van der Waals surface area contributed by atoms with E-state index in [0.717, 1.165) is 32.8 Å². The van der Waals surface area contributed by atoms with E-state index in [2.05, 4.69) is 70.3 Å². The predicted molar refractivity (Wildman–Crippen MR) is 104 cm³/mol. The normalized spacial score (nSPS) is 18.9. The van der Waals surface area contributed by atoms with Gasteiger partial charge in [0, 0.05) is 50.4 Å². The molecule has 0 bridgehead atoms. The second-order valence-electron chi connectivity index (χ2n) is 7.18. The molecule has 1 saturated heterocycles. The molecule has 0 aliphatic carbocycles. The molecule has 4 heteroatoms. The van der Waals surface area contributed by atoms with E-state index < -0.39 is 0 Å². The molecule has 26 heavy (non-hydrogen) atoms. The maximum atomic E-state index is 9.48. The zero-order chi connectivity index (χ0) is 17.8. The number of aliphatic hydroxyl groups is 1. The topological polar surface area (TPSA) is 37.6 Å². The van der Waals surface area contributed by atoms with Gasteiger partial charge < -0.3 is 14.4 Å². The number of fused-ring (bicyclic) bond motifs is 1. The standard InChI is InChI=1S/C22H26N2O2/c25-16-20-14-23(10-11-26-17-20)13-19-6-7-21-8-9-24(22(21)12-19)15-18-4-2-1-3-5-18/h1-9,12,20,25H,10-11,13-17H2. The summed E-state index contributed by atoms with van der Waals surface area (Å²) in [5, 5.41) is 10.8. The van der Waals surface area contributed by atoms with Crippen LogP contribution in [-0.2, 0) is 17.8 Å². The Balaban J connectivity index is 1.54. The highest BCUT2D eigenvalue weighted by molar-refractivity contribution is 5.81. The third-order valence-corrected chi connectivity index (χ3v) is 5.12. The van der Waals surface area contributed by atoms with Crippen LogP contribution < -0.4 is 0 Å². The molecule has 1 atom stereocenters. The first-order valence-electron chi connectivity index (χ1n) is 9.34. The van der Waals surface area contributed by atoms with Crippen molar-refractivity contribution < 1.29 is 9.84 Å². The first-order chi connectivity index (χ1) is 12.8. The van der Waals surface area contributed by atoms with Crippen molar-refractivity contribution in [1.82, 2.24) is 9.47 Å². The number of hydrogen-bond donors (Lipinski definition) is 1. The smallest absolute Gasteiger partial charge is 0.0593 e. The van der Waals surface area contributed by atoms with Gasteiger partial charge in [0.1, 0.15) is 0 Å². The van der Waals surface area contributed by atoms with Crippen LogP contribution in [0.4, 0.5) is 0 Å². The van der Waals surface area contributed by atoms with Gasteiger partial charge in [-0.2, -0.15) is 0 Å². The lowest BCUT2D eigenvalue weighted by atomic mass is 10.1. The lowest BCUT2D eigenvalue weighted by Gasteiger charge is -2.22. The minimum atomic E-state index is 0.190. The van der Waals surface area contributed by atoms with Gasteiger partial charge in [0.2, 0.25) is 0 Å². The summed E-state index contributed by atoms with van der Waals surface area (Å²) in [5.74, 6) is 0.211. The molecule has 0 amide bonds. The molecule has 1 N–H and O–H groups in total. The summed E-state index contributed by atoms with van der Waals surface area (Å²) in [4.78, 5) is 2.39. The Labute approximate surface area is 154 Å².